The number of carbonyl (C=O) groups is 1. The highest BCUT2D eigenvalue weighted by atomic mass is 35.5. The average molecular weight is 243 g/mol. The molecule has 1 amide bonds. The number of hydrogen-bond acceptors (Lipinski definition) is 3. The van der Waals surface area contributed by atoms with Gasteiger partial charge in [0.05, 0.1) is 0 Å². The molecule has 1 rings (SSSR count). The average Bonchev–Trinajstić information content (AvgIpc) is 2.26. The number of carbonyl (C=O) groups excluding carboxylic acids is 1. The number of nitrogens with one attached hydrogen (secondary N) is 1. The van der Waals surface area contributed by atoms with Crippen molar-refractivity contribution in [3.05, 3.63) is 29.0 Å². The second-order valence-electron chi connectivity index (χ2n) is 4.36. The minimum atomic E-state index is -0.339. The van der Waals surface area contributed by atoms with Crippen molar-refractivity contribution < 1.29 is 9.90 Å². The molecule has 0 radical (unpaired) electrons. The van der Waals surface area contributed by atoms with Gasteiger partial charge in [-0.3, -0.25) is 9.78 Å². The third-order valence-corrected chi connectivity index (χ3v) is 2.35. The topological polar surface area (TPSA) is 62.2 Å². The summed E-state index contributed by atoms with van der Waals surface area (Å²) in [6.07, 6.45) is 1.48. The smallest absolute Gasteiger partial charge is 0.269 e. The van der Waals surface area contributed by atoms with Crippen LogP contribution in [0.25, 0.3) is 0 Å². The number of hydrogen-bond donors (Lipinski definition) is 2. The molecule has 0 unspecified atom stereocenters. The van der Waals surface area contributed by atoms with Crippen LogP contribution in [0, 0.1) is 5.41 Å². The highest BCUT2D eigenvalue weighted by molar-refractivity contribution is 6.30. The van der Waals surface area contributed by atoms with E-state index in [1.165, 1.54) is 12.3 Å². The summed E-state index contributed by atoms with van der Waals surface area (Å²) in [5, 5.41) is 12.2. The number of pyridine rings is 1. The SMILES string of the molecule is CC(C)(CO)CNC(=O)c1cc(Cl)ccn1. The van der Waals surface area contributed by atoms with Crippen molar-refractivity contribution in [2.75, 3.05) is 13.2 Å². The van der Waals surface area contributed by atoms with Crippen LogP contribution in [0.1, 0.15) is 24.3 Å². The quantitative estimate of drug-likeness (QED) is 0.841. The highest BCUT2D eigenvalue weighted by Gasteiger charge is 2.18. The van der Waals surface area contributed by atoms with Gasteiger partial charge < -0.3 is 10.4 Å². The molecule has 0 atom stereocenters. The molecule has 1 aromatic rings. The van der Waals surface area contributed by atoms with Crippen LogP contribution in [-0.4, -0.2) is 29.1 Å². The summed E-state index contributed by atoms with van der Waals surface area (Å²) in [6, 6.07) is 3.11. The van der Waals surface area contributed by atoms with Crippen molar-refractivity contribution in [1.29, 1.82) is 0 Å². The highest BCUT2D eigenvalue weighted by Crippen LogP contribution is 2.12. The van der Waals surface area contributed by atoms with Crippen LogP contribution in [0.5, 0.6) is 0 Å². The van der Waals surface area contributed by atoms with Crippen molar-refractivity contribution >= 4 is 17.5 Å². The van der Waals surface area contributed by atoms with Crippen LogP contribution in [0.4, 0.5) is 0 Å². The number of amides is 1. The summed E-state index contributed by atoms with van der Waals surface area (Å²) in [5.41, 5.74) is -0.0601. The number of aliphatic hydroxyl groups is 1. The Morgan fingerprint density at radius 3 is 2.88 bits per heavy atom. The number of aliphatic hydroxyl groups excluding tert-OH is 1. The molecule has 2 N–H and O–H groups in total. The van der Waals surface area contributed by atoms with E-state index in [-0.39, 0.29) is 23.6 Å². The third-order valence-electron chi connectivity index (χ3n) is 2.11. The Hall–Kier alpha value is -1.13. The van der Waals surface area contributed by atoms with Gasteiger partial charge in [-0.05, 0) is 12.1 Å². The lowest BCUT2D eigenvalue weighted by atomic mass is 9.95. The van der Waals surface area contributed by atoms with E-state index in [4.69, 9.17) is 16.7 Å². The Balaban J connectivity index is 2.60. The molecule has 0 aliphatic heterocycles. The maximum Gasteiger partial charge on any atom is 0.269 e. The predicted molar refractivity (Wildman–Crippen MR) is 62.4 cm³/mol. The van der Waals surface area contributed by atoms with Crippen LogP contribution in [0.2, 0.25) is 5.02 Å². The van der Waals surface area contributed by atoms with E-state index in [0.717, 1.165) is 0 Å². The zero-order chi connectivity index (χ0) is 12.2. The van der Waals surface area contributed by atoms with Crippen molar-refractivity contribution in [1.82, 2.24) is 10.3 Å². The van der Waals surface area contributed by atoms with Crippen LogP contribution < -0.4 is 5.32 Å². The summed E-state index contributed by atoms with van der Waals surface area (Å²) in [4.78, 5) is 15.6. The van der Waals surface area contributed by atoms with E-state index in [1.807, 2.05) is 13.8 Å². The molecular weight excluding hydrogens is 228 g/mol. The predicted octanol–water partition coefficient (Wildman–Crippen LogP) is 1.48. The van der Waals surface area contributed by atoms with Crippen LogP contribution in [-0.2, 0) is 0 Å². The molecule has 0 saturated carbocycles. The second kappa shape index (κ2) is 5.27. The van der Waals surface area contributed by atoms with E-state index >= 15 is 0 Å². The Kier molecular flexibility index (Phi) is 4.26. The summed E-state index contributed by atoms with van der Waals surface area (Å²) < 4.78 is 0. The monoisotopic (exact) mass is 242 g/mol. The molecule has 1 aromatic heterocycles. The number of rotatable bonds is 4. The van der Waals surface area contributed by atoms with Gasteiger partial charge in [-0.15, -0.1) is 0 Å². The van der Waals surface area contributed by atoms with Crippen molar-refractivity contribution in [2.45, 2.75) is 13.8 Å². The van der Waals surface area contributed by atoms with Gasteiger partial charge in [-0.25, -0.2) is 0 Å². The van der Waals surface area contributed by atoms with Gasteiger partial charge in [-0.2, -0.15) is 0 Å². The molecule has 1 heterocycles. The summed E-state index contributed by atoms with van der Waals surface area (Å²) in [7, 11) is 0. The summed E-state index contributed by atoms with van der Waals surface area (Å²) >= 11 is 5.75. The van der Waals surface area contributed by atoms with Gasteiger partial charge in [-0.1, -0.05) is 25.4 Å². The molecule has 5 heteroatoms. The molecule has 0 aromatic carbocycles. The van der Waals surface area contributed by atoms with E-state index in [2.05, 4.69) is 10.3 Å². The first kappa shape index (κ1) is 12.9. The minimum absolute atomic E-state index is 0.0102. The lowest BCUT2D eigenvalue weighted by Crippen LogP contribution is -2.36. The minimum Gasteiger partial charge on any atom is -0.396 e. The summed E-state index contributed by atoms with van der Waals surface area (Å²) in [5.74, 6) is -0.288. The fourth-order valence-electron chi connectivity index (χ4n) is 0.995. The zero-order valence-electron chi connectivity index (χ0n) is 9.33. The maximum absolute atomic E-state index is 11.6. The molecule has 0 bridgehead atoms. The van der Waals surface area contributed by atoms with Crippen LogP contribution in [0.15, 0.2) is 18.3 Å². The van der Waals surface area contributed by atoms with Gasteiger partial charge >= 0.3 is 0 Å². The second-order valence-corrected chi connectivity index (χ2v) is 4.80. The molecule has 0 aliphatic rings. The summed E-state index contributed by atoms with van der Waals surface area (Å²) in [6.45, 7) is 4.12. The van der Waals surface area contributed by atoms with E-state index < -0.39 is 0 Å². The first-order valence-electron chi connectivity index (χ1n) is 4.95. The largest absolute Gasteiger partial charge is 0.396 e. The van der Waals surface area contributed by atoms with Gasteiger partial charge in [0.2, 0.25) is 0 Å². The molecule has 4 nitrogen and oxygen atoms in total. The molecule has 0 aliphatic carbocycles. The van der Waals surface area contributed by atoms with E-state index in [0.29, 0.717) is 11.6 Å². The molecule has 0 saturated heterocycles. The normalized spacial score (nSPS) is 11.2. The van der Waals surface area contributed by atoms with Crippen LogP contribution >= 0.6 is 11.6 Å². The number of nitrogens with zero attached hydrogens (tertiary/aromatic N) is 1. The van der Waals surface area contributed by atoms with Crippen LogP contribution in [0.3, 0.4) is 0 Å². The lowest BCUT2D eigenvalue weighted by Gasteiger charge is -2.21. The number of aromatic nitrogens is 1. The van der Waals surface area contributed by atoms with Gasteiger partial charge in [0.25, 0.3) is 5.91 Å². The zero-order valence-corrected chi connectivity index (χ0v) is 10.1. The fraction of sp³-hybridized carbons (Fsp3) is 0.455. The number of halogens is 1. The Morgan fingerprint density at radius 1 is 1.62 bits per heavy atom. The standard InChI is InChI=1S/C11H15ClN2O2/c1-11(2,7-15)6-14-10(16)9-5-8(12)3-4-13-9/h3-5,15H,6-7H2,1-2H3,(H,14,16). The van der Waals surface area contributed by atoms with Crippen molar-refractivity contribution in [3.8, 4) is 0 Å². The van der Waals surface area contributed by atoms with Crippen molar-refractivity contribution in [2.24, 2.45) is 5.41 Å². The molecule has 88 valence electrons. The van der Waals surface area contributed by atoms with Gasteiger partial charge in [0, 0.05) is 29.8 Å². The maximum atomic E-state index is 11.6. The fourth-order valence-corrected chi connectivity index (χ4v) is 1.15. The Morgan fingerprint density at radius 2 is 2.31 bits per heavy atom. The Bertz CT molecular complexity index is 380. The van der Waals surface area contributed by atoms with Gasteiger partial charge in [0.1, 0.15) is 5.69 Å². The van der Waals surface area contributed by atoms with Gasteiger partial charge in [0.15, 0.2) is 0 Å². The molecule has 0 fully saturated rings. The van der Waals surface area contributed by atoms with E-state index in [1.54, 1.807) is 6.07 Å². The molecule has 16 heavy (non-hydrogen) atoms. The first-order valence-corrected chi connectivity index (χ1v) is 5.33. The first-order chi connectivity index (χ1) is 7.44. The Labute approximate surface area is 99.6 Å². The lowest BCUT2D eigenvalue weighted by molar-refractivity contribution is 0.0906. The molecular formula is C11H15ClN2O2. The van der Waals surface area contributed by atoms with E-state index in [9.17, 15) is 4.79 Å². The third kappa shape index (κ3) is 3.79. The molecule has 0 spiro atoms. The van der Waals surface area contributed by atoms with Crippen molar-refractivity contribution in [3.63, 3.8) is 0 Å².